The molecule has 32 heavy (non-hydrogen) atoms. The second-order valence-electron chi connectivity index (χ2n) is 6.99. The van der Waals surface area contributed by atoms with E-state index in [9.17, 15) is 34.0 Å². The molecule has 2 aromatic carbocycles. The maximum absolute atomic E-state index is 11.1. The molecule has 0 spiro atoms. The summed E-state index contributed by atoms with van der Waals surface area (Å²) in [5.41, 5.74) is 1.07. The molecule has 0 aliphatic carbocycles. The smallest absolute Gasteiger partial charge is 0.446 e. The van der Waals surface area contributed by atoms with Crippen molar-refractivity contribution in [2.24, 2.45) is 0 Å². The van der Waals surface area contributed by atoms with Crippen molar-refractivity contribution in [1.29, 1.82) is 0 Å². The van der Waals surface area contributed by atoms with Crippen molar-refractivity contribution < 1.29 is 52.2 Å². The highest BCUT2D eigenvalue weighted by molar-refractivity contribution is 7.81. The lowest BCUT2D eigenvalue weighted by Gasteiger charge is -2.39. The largest absolute Gasteiger partial charge is 0.508 e. The molecule has 12 heteroatoms. The predicted molar refractivity (Wildman–Crippen MR) is 110 cm³/mol. The lowest BCUT2D eigenvalue weighted by molar-refractivity contribution is -0.277. The van der Waals surface area contributed by atoms with Crippen molar-refractivity contribution in [3.8, 4) is 17.2 Å². The first-order valence-electron chi connectivity index (χ1n) is 9.32. The number of phenolic OH excluding ortho intramolecular Hbond substituents is 1. The lowest BCUT2D eigenvalue weighted by atomic mass is 9.99. The van der Waals surface area contributed by atoms with Crippen LogP contribution in [0.15, 0.2) is 42.5 Å². The van der Waals surface area contributed by atoms with E-state index in [1.807, 2.05) is 0 Å². The summed E-state index contributed by atoms with van der Waals surface area (Å²) in [4.78, 5) is 0. The van der Waals surface area contributed by atoms with Crippen molar-refractivity contribution in [2.75, 3.05) is 6.61 Å². The van der Waals surface area contributed by atoms with Gasteiger partial charge in [0.15, 0.2) is 0 Å². The van der Waals surface area contributed by atoms with Gasteiger partial charge in [-0.15, -0.1) is 0 Å². The van der Waals surface area contributed by atoms with Gasteiger partial charge in [0.05, 0.1) is 6.61 Å². The van der Waals surface area contributed by atoms with Crippen molar-refractivity contribution in [2.45, 2.75) is 30.7 Å². The van der Waals surface area contributed by atoms with Crippen molar-refractivity contribution in [3.63, 3.8) is 0 Å². The number of aromatic hydroxyl groups is 1. The third-order valence-corrected chi connectivity index (χ3v) is 4.97. The molecule has 1 fully saturated rings. The van der Waals surface area contributed by atoms with Crippen LogP contribution in [0.2, 0.25) is 0 Å². The van der Waals surface area contributed by atoms with E-state index in [2.05, 4.69) is 4.18 Å². The fraction of sp³-hybridized carbons (Fsp3) is 0.300. The summed E-state index contributed by atoms with van der Waals surface area (Å²) in [7, 11) is -4.85. The molecular formula is C20H22O11S. The van der Waals surface area contributed by atoms with Crippen LogP contribution in [0.3, 0.4) is 0 Å². The van der Waals surface area contributed by atoms with Gasteiger partial charge in [0.2, 0.25) is 6.29 Å². The number of aliphatic hydroxyl groups excluding tert-OH is 4. The Morgan fingerprint density at radius 1 is 0.906 bits per heavy atom. The maximum Gasteiger partial charge on any atom is 0.446 e. The Morgan fingerprint density at radius 2 is 1.53 bits per heavy atom. The Kier molecular flexibility index (Phi) is 7.36. The zero-order valence-electron chi connectivity index (χ0n) is 16.4. The molecule has 1 heterocycles. The Morgan fingerprint density at radius 3 is 2.16 bits per heavy atom. The van der Waals surface area contributed by atoms with Crippen molar-refractivity contribution >= 4 is 22.6 Å². The summed E-state index contributed by atoms with van der Waals surface area (Å²) in [6.07, 6.45) is -4.45. The maximum atomic E-state index is 11.1. The predicted octanol–water partition coefficient (Wildman–Crippen LogP) is -0.0771. The topological polar surface area (TPSA) is 183 Å². The fourth-order valence-corrected chi connectivity index (χ4v) is 3.34. The van der Waals surface area contributed by atoms with E-state index in [1.165, 1.54) is 24.3 Å². The van der Waals surface area contributed by atoms with Crippen LogP contribution in [0, 0.1) is 0 Å². The van der Waals surface area contributed by atoms with Crippen molar-refractivity contribution in [3.05, 3.63) is 53.6 Å². The number of hydrogen-bond donors (Lipinski definition) is 6. The third-order valence-electron chi connectivity index (χ3n) is 4.57. The van der Waals surface area contributed by atoms with Gasteiger partial charge >= 0.3 is 10.4 Å². The molecule has 0 radical (unpaired) electrons. The molecule has 0 bridgehead atoms. The van der Waals surface area contributed by atoms with E-state index in [0.717, 1.165) is 6.07 Å². The van der Waals surface area contributed by atoms with E-state index < -0.39 is 47.7 Å². The summed E-state index contributed by atoms with van der Waals surface area (Å²) < 4.78 is 46.5. The standard InChI is InChI=1S/C20H22O11S/c21-10-16-17(23)18(24)19(25)20(30-16)29-14-7-12(8-15(9-14)31-32(26,27)28)2-1-11-3-5-13(22)6-4-11/h1-9,16-25H,10H2,(H,26,27,28)/b2-1-/t16-,17-,18+,19-,20-/m1/s1. The van der Waals surface area contributed by atoms with E-state index in [4.69, 9.17) is 14.0 Å². The molecule has 2 aromatic rings. The van der Waals surface area contributed by atoms with Crippen LogP contribution in [-0.4, -0.2) is 75.8 Å². The normalized spacial score (nSPS) is 26.2. The van der Waals surface area contributed by atoms with Gasteiger partial charge < -0.3 is 39.2 Å². The van der Waals surface area contributed by atoms with Gasteiger partial charge in [-0.05, 0) is 35.4 Å². The SMILES string of the molecule is O=S(=O)(O)Oc1cc(/C=C\c2ccc(O)cc2)cc(O[C@@H]2O[C@H](CO)[C@@H](O)[C@H](O)[C@H]2O)c1. The molecule has 0 saturated carbocycles. The minimum absolute atomic E-state index is 0.0687. The number of ether oxygens (including phenoxy) is 2. The second kappa shape index (κ2) is 9.83. The first-order chi connectivity index (χ1) is 15.1. The van der Waals surface area contributed by atoms with Gasteiger partial charge in [0.1, 0.15) is 41.7 Å². The van der Waals surface area contributed by atoms with Gasteiger partial charge in [-0.2, -0.15) is 8.42 Å². The lowest BCUT2D eigenvalue weighted by Crippen LogP contribution is -2.60. The molecule has 174 valence electrons. The molecule has 0 aromatic heterocycles. The number of benzene rings is 2. The van der Waals surface area contributed by atoms with Crippen LogP contribution in [0.5, 0.6) is 17.2 Å². The zero-order chi connectivity index (χ0) is 23.5. The Balaban J connectivity index is 1.89. The zero-order valence-corrected chi connectivity index (χ0v) is 17.2. The van der Waals surface area contributed by atoms with Crippen LogP contribution in [0.25, 0.3) is 12.2 Å². The molecule has 0 unspecified atom stereocenters. The summed E-state index contributed by atoms with van der Waals surface area (Å²) in [5.74, 6) is -0.304. The van der Waals surface area contributed by atoms with Crippen molar-refractivity contribution in [1.82, 2.24) is 0 Å². The fourth-order valence-electron chi connectivity index (χ4n) is 3.00. The Bertz CT molecular complexity index is 1050. The number of rotatable bonds is 7. The Hall–Kier alpha value is -2.71. The second-order valence-corrected chi connectivity index (χ2v) is 8.01. The van der Waals surface area contributed by atoms with Gasteiger partial charge in [0.25, 0.3) is 0 Å². The van der Waals surface area contributed by atoms with E-state index >= 15 is 0 Å². The summed E-state index contributed by atoms with van der Waals surface area (Å²) >= 11 is 0. The summed E-state index contributed by atoms with van der Waals surface area (Å²) in [5, 5.41) is 48.5. The number of phenols is 1. The van der Waals surface area contributed by atoms with Gasteiger partial charge in [0, 0.05) is 6.07 Å². The van der Waals surface area contributed by atoms with Gasteiger partial charge in [-0.25, -0.2) is 0 Å². The molecular weight excluding hydrogens is 448 g/mol. The quantitative estimate of drug-likeness (QED) is 0.235. The Labute approximate surface area is 183 Å². The van der Waals surface area contributed by atoms with Crippen LogP contribution in [0.1, 0.15) is 11.1 Å². The molecule has 11 nitrogen and oxygen atoms in total. The number of aliphatic hydroxyl groups is 4. The molecule has 0 amide bonds. The van der Waals surface area contributed by atoms with Crippen LogP contribution >= 0.6 is 0 Å². The first kappa shape index (κ1) is 23.9. The molecule has 5 atom stereocenters. The van der Waals surface area contributed by atoms with E-state index in [1.54, 1.807) is 24.3 Å². The van der Waals surface area contributed by atoms with Crippen LogP contribution in [0.4, 0.5) is 0 Å². The third kappa shape index (κ3) is 6.17. The molecule has 1 aliphatic rings. The minimum atomic E-state index is -4.85. The number of hydrogen-bond acceptors (Lipinski definition) is 10. The summed E-state index contributed by atoms with van der Waals surface area (Å²) in [6.45, 7) is -0.655. The highest BCUT2D eigenvalue weighted by Gasteiger charge is 2.44. The first-order valence-corrected chi connectivity index (χ1v) is 10.7. The average Bonchev–Trinajstić information content (AvgIpc) is 2.72. The molecule has 1 saturated heterocycles. The van der Waals surface area contributed by atoms with Crippen LogP contribution in [-0.2, 0) is 15.1 Å². The highest BCUT2D eigenvalue weighted by atomic mass is 32.3. The van der Waals surface area contributed by atoms with Gasteiger partial charge in [-0.3, -0.25) is 4.55 Å². The van der Waals surface area contributed by atoms with E-state index in [-0.39, 0.29) is 17.2 Å². The van der Waals surface area contributed by atoms with Crippen LogP contribution < -0.4 is 8.92 Å². The monoisotopic (exact) mass is 470 g/mol. The minimum Gasteiger partial charge on any atom is -0.508 e. The molecule has 6 N–H and O–H groups in total. The molecule has 1 aliphatic heterocycles. The van der Waals surface area contributed by atoms with E-state index in [0.29, 0.717) is 11.1 Å². The highest BCUT2D eigenvalue weighted by Crippen LogP contribution is 2.29. The summed E-state index contributed by atoms with van der Waals surface area (Å²) in [6, 6.07) is 10.0. The molecule has 3 rings (SSSR count). The average molecular weight is 470 g/mol. The van der Waals surface area contributed by atoms with Gasteiger partial charge in [-0.1, -0.05) is 24.3 Å².